The summed E-state index contributed by atoms with van der Waals surface area (Å²) in [6.07, 6.45) is 1.08. The van der Waals surface area contributed by atoms with Crippen LogP contribution in [0.15, 0.2) is 18.2 Å². The Balaban J connectivity index is 2.24. The van der Waals surface area contributed by atoms with Gasteiger partial charge in [-0.15, -0.1) is 0 Å². The van der Waals surface area contributed by atoms with Crippen molar-refractivity contribution < 1.29 is 4.39 Å². The van der Waals surface area contributed by atoms with Gasteiger partial charge in [0.25, 0.3) is 0 Å². The summed E-state index contributed by atoms with van der Waals surface area (Å²) in [5.74, 6) is -0.272. The number of halogens is 2. The maximum Gasteiger partial charge on any atom is 0.126 e. The fourth-order valence-electron chi connectivity index (χ4n) is 2.27. The van der Waals surface area contributed by atoms with E-state index in [0.29, 0.717) is 17.1 Å². The third kappa shape index (κ3) is 2.90. The van der Waals surface area contributed by atoms with Gasteiger partial charge >= 0.3 is 0 Å². The molecule has 2 unspecified atom stereocenters. The molecule has 0 radical (unpaired) electrons. The summed E-state index contributed by atoms with van der Waals surface area (Å²) < 4.78 is 13.4. The predicted octanol–water partition coefficient (Wildman–Crippen LogP) is 3.06. The first-order valence-corrected chi connectivity index (χ1v) is 6.44. The van der Waals surface area contributed by atoms with Gasteiger partial charge in [0, 0.05) is 35.9 Å². The number of hydrogen-bond acceptors (Lipinski definition) is 2. The van der Waals surface area contributed by atoms with Crippen LogP contribution in [0.4, 0.5) is 10.1 Å². The zero-order chi connectivity index (χ0) is 12.4. The van der Waals surface area contributed by atoms with Gasteiger partial charge in [-0.05, 0) is 31.5 Å². The number of hydrogen-bond donors (Lipinski definition) is 1. The van der Waals surface area contributed by atoms with Crippen LogP contribution in [0, 0.1) is 5.82 Å². The lowest BCUT2D eigenvalue weighted by Gasteiger charge is -2.40. The van der Waals surface area contributed by atoms with Crippen LogP contribution >= 0.6 is 11.6 Å². The number of anilines is 1. The SMILES string of the molecule is CCC1CN(c2cc(F)cc(Cl)c2)C(C)CN1. The van der Waals surface area contributed by atoms with Crippen molar-refractivity contribution in [3.05, 3.63) is 29.0 Å². The van der Waals surface area contributed by atoms with Crippen LogP contribution in [0.5, 0.6) is 0 Å². The van der Waals surface area contributed by atoms with Gasteiger partial charge in [0.2, 0.25) is 0 Å². The van der Waals surface area contributed by atoms with Gasteiger partial charge in [0.1, 0.15) is 5.82 Å². The minimum absolute atomic E-state index is 0.272. The number of rotatable bonds is 2. The predicted molar refractivity (Wildman–Crippen MR) is 70.3 cm³/mol. The lowest BCUT2D eigenvalue weighted by Crippen LogP contribution is -2.55. The lowest BCUT2D eigenvalue weighted by atomic mass is 10.1. The van der Waals surface area contributed by atoms with E-state index in [4.69, 9.17) is 11.6 Å². The van der Waals surface area contributed by atoms with Gasteiger partial charge in [-0.2, -0.15) is 0 Å². The third-order valence-corrected chi connectivity index (χ3v) is 3.54. The molecule has 1 heterocycles. The zero-order valence-electron chi connectivity index (χ0n) is 10.2. The molecule has 0 saturated carbocycles. The summed E-state index contributed by atoms with van der Waals surface area (Å²) in [5.41, 5.74) is 0.877. The van der Waals surface area contributed by atoms with Gasteiger partial charge in [-0.3, -0.25) is 0 Å². The Kier molecular flexibility index (Phi) is 3.89. The molecule has 1 aromatic rings. The van der Waals surface area contributed by atoms with E-state index in [1.165, 1.54) is 6.07 Å². The van der Waals surface area contributed by atoms with Crippen molar-refractivity contribution in [3.8, 4) is 0 Å². The highest BCUT2D eigenvalue weighted by Crippen LogP contribution is 2.25. The second kappa shape index (κ2) is 5.23. The summed E-state index contributed by atoms with van der Waals surface area (Å²) >= 11 is 5.91. The molecular formula is C13H18ClFN2. The van der Waals surface area contributed by atoms with Crippen molar-refractivity contribution in [2.75, 3.05) is 18.0 Å². The van der Waals surface area contributed by atoms with Crippen molar-refractivity contribution in [2.24, 2.45) is 0 Å². The molecule has 2 nitrogen and oxygen atoms in total. The molecule has 1 aromatic carbocycles. The molecule has 1 N–H and O–H groups in total. The van der Waals surface area contributed by atoms with Crippen LogP contribution < -0.4 is 10.2 Å². The van der Waals surface area contributed by atoms with Crippen molar-refractivity contribution in [1.82, 2.24) is 5.32 Å². The first-order chi connectivity index (χ1) is 8.10. The van der Waals surface area contributed by atoms with E-state index in [1.807, 2.05) is 6.07 Å². The van der Waals surface area contributed by atoms with E-state index in [-0.39, 0.29) is 5.82 Å². The Hall–Kier alpha value is -0.800. The third-order valence-electron chi connectivity index (χ3n) is 3.32. The molecule has 0 amide bonds. The van der Waals surface area contributed by atoms with Crippen LogP contribution in [-0.4, -0.2) is 25.2 Å². The Labute approximate surface area is 107 Å². The Morgan fingerprint density at radius 2 is 2.24 bits per heavy atom. The smallest absolute Gasteiger partial charge is 0.126 e. The lowest BCUT2D eigenvalue weighted by molar-refractivity contribution is 0.397. The summed E-state index contributed by atoms with van der Waals surface area (Å²) in [6.45, 7) is 6.12. The molecule has 17 heavy (non-hydrogen) atoms. The molecule has 2 atom stereocenters. The average molecular weight is 257 g/mol. The van der Waals surface area contributed by atoms with Crippen LogP contribution in [0.2, 0.25) is 5.02 Å². The van der Waals surface area contributed by atoms with E-state index in [0.717, 1.165) is 25.2 Å². The molecule has 1 aliphatic heterocycles. The Morgan fingerprint density at radius 1 is 1.47 bits per heavy atom. The van der Waals surface area contributed by atoms with Crippen molar-refractivity contribution in [1.29, 1.82) is 0 Å². The summed E-state index contributed by atoms with van der Waals surface area (Å²) in [6, 6.07) is 5.55. The van der Waals surface area contributed by atoms with Crippen LogP contribution in [0.25, 0.3) is 0 Å². The first kappa shape index (κ1) is 12.7. The standard InChI is InChI=1S/C13H18ClFN2/c1-3-12-8-17(9(2)7-16-12)13-5-10(14)4-11(15)6-13/h4-6,9,12,16H,3,7-8H2,1-2H3. The average Bonchev–Trinajstić information content (AvgIpc) is 2.28. The molecule has 0 bridgehead atoms. The second-order valence-electron chi connectivity index (χ2n) is 4.64. The molecular weight excluding hydrogens is 239 g/mol. The maximum absolute atomic E-state index is 13.4. The molecule has 1 fully saturated rings. The van der Waals surface area contributed by atoms with Gasteiger partial charge < -0.3 is 10.2 Å². The molecule has 0 spiro atoms. The van der Waals surface area contributed by atoms with Crippen molar-refractivity contribution >= 4 is 17.3 Å². The van der Waals surface area contributed by atoms with E-state index < -0.39 is 0 Å². The summed E-state index contributed by atoms with van der Waals surface area (Å²) in [5, 5.41) is 3.94. The molecule has 1 aliphatic rings. The van der Waals surface area contributed by atoms with Crippen LogP contribution in [-0.2, 0) is 0 Å². The van der Waals surface area contributed by atoms with Gasteiger partial charge in [0.05, 0.1) is 0 Å². The van der Waals surface area contributed by atoms with E-state index in [9.17, 15) is 4.39 Å². The van der Waals surface area contributed by atoms with Crippen LogP contribution in [0.3, 0.4) is 0 Å². The highest BCUT2D eigenvalue weighted by Gasteiger charge is 2.24. The largest absolute Gasteiger partial charge is 0.366 e. The van der Waals surface area contributed by atoms with Gasteiger partial charge in [-0.1, -0.05) is 18.5 Å². The molecule has 0 aromatic heterocycles. The topological polar surface area (TPSA) is 15.3 Å². The molecule has 2 rings (SSSR count). The zero-order valence-corrected chi connectivity index (χ0v) is 11.0. The quantitative estimate of drug-likeness (QED) is 0.875. The van der Waals surface area contributed by atoms with Gasteiger partial charge in [-0.25, -0.2) is 4.39 Å². The highest BCUT2D eigenvalue weighted by atomic mass is 35.5. The van der Waals surface area contributed by atoms with E-state index in [1.54, 1.807) is 6.07 Å². The minimum atomic E-state index is -0.272. The number of benzene rings is 1. The second-order valence-corrected chi connectivity index (χ2v) is 5.08. The monoisotopic (exact) mass is 256 g/mol. The highest BCUT2D eigenvalue weighted by molar-refractivity contribution is 6.30. The summed E-state index contributed by atoms with van der Waals surface area (Å²) in [4.78, 5) is 2.22. The fraction of sp³-hybridized carbons (Fsp3) is 0.538. The number of nitrogens with one attached hydrogen (secondary N) is 1. The van der Waals surface area contributed by atoms with Gasteiger partial charge in [0.15, 0.2) is 0 Å². The molecule has 94 valence electrons. The van der Waals surface area contributed by atoms with Crippen molar-refractivity contribution in [2.45, 2.75) is 32.4 Å². The first-order valence-electron chi connectivity index (χ1n) is 6.06. The van der Waals surface area contributed by atoms with Crippen molar-refractivity contribution in [3.63, 3.8) is 0 Å². The van der Waals surface area contributed by atoms with E-state index in [2.05, 4.69) is 24.1 Å². The Bertz CT molecular complexity index is 377. The maximum atomic E-state index is 13.4. The number of nitrogens with zero attached hydrogens (tertiary/aromatic N) is 1. The molecule has 1 saturated heterocycles. The Morgan fingerprint density at radius 3 is 2.88 bits per heavy atom. The molecule has 0 aliphatic carbocycles. The fourth-order valence-corrected chi connectivity index (χ4v) is 2.48. The van der Waals surface area contributed by atoms with E-state index >= 15 is 0 Å². The number of piperazine rings is 1. The van der Waals surface area contributed by atoms with Crippen LogP contribution in [0.1, 0.15) is 20.3 Å². The normalized spacial score (nSPS) is 25.1. The molecule has 4 heteroatoms. The summed E-state index contributed by atoms with van der Waals surface area (Å²) in [7, 11) is 0. The minimum Gasteiger partial charge on any atom is -0.366 e.